The topological polar surface area (TPSA) is 97.0 Å². The number of nitrogen functional groups attached to an aromatic ring is 1. The van der Waals surface area contributed by atoms with Crippen LogP contribution in [0, 0.1) is 13.8 Å². The van der Waals surface area contributed by atoms with Crippen molar-refractivity contribution in [1.82, 2.24) is 20.5 Å². The van der Waals surface area contributed by atoms with Gasteiger partial charge in [-0.2, -0.15) is 0 Å². The first-order chi connectivity index (χ1) is 13.9. The van der Waals surface area contributed by atoms with Gasteiger partial charge < -0.3 is 16.0 Å². The highest BCUT2D eigenvalue weighted by atomic mass is 35.5. The zero-order chi connectivity index (χ0) is 20.3. The molecule has 1 aliphatic heterocycles. The molecule has 150 valence electrons. The molecule has 9 heteroatoms. The van der Waals surface area contributed by atoms with Gasteiger partial charge in [0.05, 0.1) is 23.6 Å². The van der Waals surface area contributed by atoms with Gasteiger partial charge in [-0.05, 0) is 38.3 Å². The molecule has 0 spiro atoms. The highest BCUT2D eigenvalue weighted by Gasteiger charge is 2.32. The van der Waals surface area contributed by atoms with Gasteiger partial charge in [-0.1, -0.05) is 11.6 Å². The molecule has 0 atom stereocenters. The lowest BCUT2D eigenvalue weighted by molar-refractivity contribution is 0.0935. The molecule has 3 aromatic heterocycles. The summed E-state index contributed by atoms with van der Waals surface area (Å²) in [6.07, 6.45) is 4.47. The van der Waals surface area contributed by atoms with Crippen LogP contribution in [0.4, 0.5) is 11.4 Å². The van der Waals surface area contributed by atoms with Crippen LogP contribution in [0.3, 0.4) is 0 Å². The maximum atomic E-state index is 12.8. The summed E-state index contributed by atoms with van der Waals surface area (Å²) in [5, 5.41) is 12.1. The third-order valence-electron chi connectivity index (χ3n) is 5.70. The fraction of sp³-hybridized carbons (Fsp3) is 0.400. The van der Waals surface area contributed by atoms with Crippen molar-refractivity contribution in [1.29, 1.82) is 0 Å². The van der Waals surface area contributed by atoms with Crippen LogP contribution in [-0.2, 0) is 0 Å². The Morgan fingerprint density at radius 1 is 1.31 bits per heavy atom. The second-order valence-electron chi connectivity index (χ2n) is 7.89. The summed E-state index contributed by atoms with van der Waals surface area (Å²) in [6, 6.07) is 2.27. The maximum absolute atomic E-state index is 12.8. The number of nitrogens with zero attached hydrogens (tertiary/aromatic N) is 4. The Balaban J connectivity index is 1.27. The van der Waals surface area contributed by atoms with Crippen LogP contribution in [-0.4, -0.2) is 40.2 Å². The molecular formula is C20H21ClN6OS. The second-order valence-corrected chi connectivity index (χ2v) is 9.24. The van der Waals surface area contributed by atoms with Crippen LogP contribution in [0.2, 0.25) is 5.15 Å². The van der Waals surface area contributed by atoms with Crippen LogP contribution in [0.1, 0.15) is 45.3 Å². The van der Waals surface area contributed by atoms with E-state index in [9.17, 15) is 4.79 Å². The molecule has 4 heterocycles. The quantitative estimate of drug-likeness (QED) is 0.660. The van der Waals surface area contributed by atoms with Crippen molar-refractivity contribution in [3.05, 3.63) is 39.1 Å². The van der Waals surface area contributed by atoms with Gasteiger partial charge in [0.1, 0.15) is 9.71 Å². The Labute approximate surface area is 177 Å². The first kappa shape index (κ1) is 18.6. The van der Waals surface area contributed by atoms with Crippen LogP contribution >= 0.6 is 22.9 Å². The third kappa shape index (κ3) is 3.20. The smallest absolute Gasteiger partial charge is 0.263 e. The lowest BCUT2D eigenvalue weighted by Gasteiger charge is -2.41. The predicted molar refractivity (Wildman–Crippen MR) is 116 cm³/mol. The summed E-state index contributed by atoms with van der Waals surface area (Å²) in [7, 11) is 0. The molecule has 3 aromatic rings. The Kier molecular flexibility index (Phi) is 4.36. The lowest BCUT2D eigenvalue weighted by atomic mass is 10.1. The number of aromatic nitrogens is 3. The molecule has 1 saturated carbocycles. The molecule has 7 nitrogen and oxygen atoms in total. The number of rotatable bonds is 4. The number of halogens is 1. The molecule has 1 saturated heterocycles. The number of carbonyl (C=O) groups is 1. The van der Waals surface area contributed by atoms with E-state index in [0.717, 1.165) is 24.3 Å². The summed E-state index contributed by atoms with van der Waals surface area (Å²) in [5.41, 5.74) is 11.0. The van der Waals surface area contributed by atoms with Crippen LogP contribution in [0.15, 0.2) is 12.3 Å². The minimum Gasteiger partial charge on any atom is -0.397 e. The van der Waals surface area contributed by atoms with Gasteiger partial charge >= 0.3 is 0 Å². The van der Waals surface area contributed by atoms with Crippen molar-refractivity contribution in [3.8, 4) is 0 Å². The van der Waals surface area contributed by atoms with Gasteiger partial charge in [0.25, 0.3) is 5.91 Å². The summed E-state index contributed by atoms with van der Waals surface area (Å²) < 4.78 is 0. The highest BCUT2D eigenvalue weighted by molar-refractivity contribution is 7.21. The van der Waals surface area contributed by atoms with E-state index in [0.29, 0.717) is 31.9 Å². The fourth-order valence-corrected chi connectivity index (χ4v) is 4.96. The summed E-state index contributed by atoms with van der Waals surface area (Å²) in [6.45, 7) is 5.47. The number of hydrogen-bond acceptors (Lipinski definition) is 7. The van der Waals surface area contributed by atoms with Gasteiger partial charge in [-0.15, -0.1) is 21.5 Å². The average Bonchev–Trinajstić information content (AvgIpc) is 3.45. The summed E-state index contributed by atoms with van der Waals surface area (Å²) in [4.78, 5) is 20.7. The maximum Gasteiger partial charge on any atom is 0.263 e. The normalized spacial score (nSPS) is 16.9. The molecule has 1 amide bonds. The lowest BCUT2D eigenvalue weighted by Crippen LogP contribution is -2.59. The molecule has 2 fully saturated rings. The van der Waals surface area contributed by atoms with E-state index >= 15 is 0 Å². The van der Waals surface area contributed by atoms with Gasteiger partial charge in [0, 0.05) is 35.7 Å². The van der Waals surface area contributed by atoms with Gasteiger partial charge in [0.2, 0.25) is 0 Å². The summed E-state index contributed by atoms with van der Waals surface area (Å²) >= 11 is 7.29. The minimum atomic E-state index is -0.176. The zero-order valence-electron chi connectivity index (χ0n) is 16.2. The van der Waals surface area contributed by atoms with Crippen molar-refractivity contribution in [2.75, 3.05) is 23.7 Å². The number of pyridine rings is 1. The number of nitrogens with one attached hydrogen (secondary N) is 1. The van der Waals surface area contributed by atoms with Crippen molar-refractivity contribution in [2.45, 2.75) is 38.6 Å². The molecule has 1 aliphatic carbocycles. The fourth-order valence-electron chi connectivity index (χ4n) is 3.82. The SMILES string of the molecule is Cc1cc(C2CC2)ncc1N1CC(NC(=O)c2sc3nnc(Cl)c(C)c3c2N)C1. The van der Waals surface area contributed by atoms with E-state index in [-0.39, 0.29) is 11.9 Å². The van der Waals surface area contributed by atoms with Crippen LogP contribution in [0.25, 0.3) is 10.2 Å². The van der Waals surface area contributed by atoms with E-state index in [4.69, 9.17) is 17.3 Å². The number of nitrogens with two attached hydrogens (primary N) is 1. The van der Waals surface area contributed by atoms with Crippen LogP contribution in [0.5, 0.6) is 0 Å². The Hall–Kier alpha value is -2.45. The van der Waals surface area contributed by atoms with E-state index in [1.807, 2.05) is 13.1 Å². The number of hydrogen-bond donors (Lipinski definition) is 2. The third-order valence-corrected chi connectivity index (χ3v) is 7.15. The van der Waals surface area contributed by atoms with Crippen LogP contribution < -0.4 is 16.0 Å². The first-order valence-electron chi connectivity index (χ1n) is 9.65. The predicted octanol–water partition coefficient (Wildman–Crippen LogP) is 3.43. The number of amides is 1. The minimum absolute atomic E-state index is 0.0744. The molecule has 5 rings (SSSR count). The first-order valence-corrected chi connectivity index (χ1v) is 10.8. The van der Waals surface area contributed by atoms with E-state index in [1.165, 1.54) is 35.4 Å². The number of fused-ring (bicyclic) bond motifs is 1. The molecule has 0 bridgehead atoms. The number of thiophene rings is 1. The van der Waals surface area contributed by atoms with Gasteiger partial charge in [-0.3, -0.25) is 9.78 Å². The van der Waals surface area contributed by atoms with E-state index in [1.54, 1.807) is 0 Å². The largest absolute Gasteiger partial charge is 0.397 e. The summed E-state index contributed by atoms with van der Waals surface area (Å²) in [5.74, 6) is 0.478. The van der Waals surface area contributed by atoms with Crippen molar-refractivity contribution < 1.29 is 4.79 Å². The van der Waals surface area contributed by atoms with E-state index < -0.39 is 0 Å². The standard InChI is InChI=1S/C20H21ClN6OS/c1-9-5-13(11-3-4-11)23-6-14(9)27-7-12(8-27)24-19(28)17-16(22)15-10(2)18(21)25-26-20(15)29-17/h5-6,11-12H,3-4,7-8,22H2,1-2H3,(H,24,28). The Bertz CT molecular complexity index is 1140. The molecule has 0 unspecified atom stereocenters. The van der Waals surface area contributed by atoms with E-state index in [2.05, 4.69) is 38.4 Å². The molecule has 29 heavy (non-hydrogen) atoms. The number of anilines is 2. The van der Waals surface area contributed by atoms with Crippen molar-refractivity contribution in [3.63, 3.8) is 0 Å². The molecule has 0 radical (unpaired) electrons. The number of carbonyl (C=O) groups excluding carboxylic acids is 1. The van der Waals surface area contributed by atoms with Crippen molar-refractivity contribution in [2.24, 2.45) is 0 Å². The molecule has 0 aromatic carbocycles. The highest BCUT2D eigenvalue weighted by Crippen LogP contribution is 2.40. The molecule has 3 N–H and O–H groups in total. The van der Waals surface area contributed by atoms with Gasteiger partial charge in [-0.25, -0.2) is 0 Å². The Morgan fingerprint density at radius 2 is 2.07 bits per heavy atom. The zero-order valence-corrected chi connectivity index (χ0v) is 17.8. The monoisotopic (exact) mass is 428 g/mol. The van der Waals surface area contributed by atoms with Gasteiger partial charge in [0.15, 0.2) is 5.15 Å². The molecular weight excluding hydrogens is 408 g/mol. The van der Waals surface area contributed by atoms with Crippen molar-refractivity contribution >= 4 is 50.4 Å². The Morgan fingerprint density at radius 3 is 2.76 bits per heavy atom. The average molecular weight is 429 g/mol. The second kappa shape index (κ2) is 6.81. The number of aryl methyl sites for hydroxylation is 2. The molecule has 2 aliphatic rings.